The van der Waals surface area contributed by atoms with Crippen LogP contribution in [0.5, 0.6) is 5.75 Å². The molecule has 27 heavy (non-hydrogen) atoms. The van der Waals surface area contributed by atoms with E-state index in [2.05, 4.69) is 10.1 Å². The van der Waals surface area contributed by atoms with Gasteiger partial charge in [-0.2, -0.15) is 5.10 Å². The fourth-order valence-corrected chi connectivity index (χ4v) is 2.47. The molecule has 0 radical (unpaired) electrons. The van der Waals surface area contributed by atoms with Gasteiger partial charge in [0.15, 0.2) is 17.4 Å². The lowest BCUT2D eigenvalue weighted by atomic mass is 10.1. The van der Waals surface area contributed by atoms with Crippen molar-refractivity contribution < 1.29 is 18.7 Å². The molecule has 3 aromatic rings. The van der Waals surface area contributed by atoms with Gasteiger partial charge < -0.3 is 10.5 Å². The quantitative estimate of drug-likeness (QED) is 0.645. The van der Waals surface area contributed by atoms with Crippen molar-refractivity contribution >= 4 is 11.7 Å². The molecule has 0 aliphatic heterocycles. The van der Waals surface area contributed by atoms with E-state index in [1.165, 1.54) is 17.7 Å². The molecule has 2 aromatic carbocycles. The summed E-state index contributed by atoms with van der Waals surface area (Å²) in [4.78, 5) is 26.7. The second kappa shape index (κ2) is 7.77. The Hall–Kier alpha value is -3.55. The van der Waals surface area contributed by atoms with Gasteiger partial charge in [-0.15, -0.1) is 0 Å². The van der Waals surface area contributed by atoms with E-state index < -0.39 is 11.7 Å². The number of nitrogens with two attached hydrogens (primary N) is 1. The van der Waals surface area contributed by atoms with Crippen LogP contribution in [0.1, 0.15) is 28.9 Å². The molecule has 0 saturated heterocycles. The summed E-state index contributed by atoms with van der Waals surface area (Å²) < 4.78 is 21.1. The van der Waals surface area contributed by atoms with Crippen LogP contribution in [-0.2, 0) is 17.8 Å². The number of carbonyl (C=O) groups excluding carboxylic acids is 2. The van der Waals surface area contributed by atoms with Crippen LogP contribution >= 0.6 is 0 Å². The van der Waals surface area contributed by atoms with Crippen LogP contribution in [0.25, 0.3) is 5.69 Å². The van der Waals surface area contributed by atoms with Crippen LogP contribution in [0.2, 0.25) is 0 Å². The molecular weight excluding hydrogens is 351 g/mol. The van der Waals surface area contributed by atoms with Gasteiger partial charge in [0.25, 0.3) is 0 Å². The summed E-state index contributed by atoms with van der Waals surface area (Å²) in [5.41, 5.74) is 5.95. The van der Waals surface area contributed by atoms with E-state index in [9.17, 15) is 14.0 Å². The van der Waals surface area contributed by atoms with Crippen LogP contribution in [0.15, 0.2) is 48.5 Å². The normalized spacial score (nSPS) is 10.6. The average molecular weight is 368 g/mol. The smallest absolute Gasteiger partial charge is 0.225 e. The Labute approximate surface area is 154 Å². The molecule has 0 atom stereocenters. The molecule has 0 unspecified atom stereocenters. The number of carbonyl (C=O) groups is 2. The number of hydrogen-bond donors (Lipinski definition) is 1. The van der Waals surface area contributed by atoms with Crippen molar-refractivity contribution in [1.82, 2.24) is 14.8 Å². The first-order valence-corrected chi connectivity index (χ1v) is 8.16. The molecule has 0 bridgehead atoms. The van der Waals surface area contributed by atoms with Gasteiger partial charge in [0.1, 0.15) is 23.9 Å². The Morgan fingerprint density at radius 2 is 1.85 bits per heavy atom. The third kappa shape index (κ3) is 4.35. The Morgan fingerprint density at radius 3 is 2.48 bits per heavy atom. The van der Waals surface area contributed by atoms with Crippen LogP contribution in [0.3, 0.4) is 0 Å². The van der Waals surface area contributed by atoms with Gasteiger partial charge in [0.2, 0.25) is 5.91 Å². The van der Waals surface area contributed by atoms with Crippen molar-refractivity contribution in [3.63, 3.8) is 0 Å². The molecule has 1 heterocycles. The average Bonchev–Trinajstić information content (AvgIpc) is 3.02. The van der Waals surface area contributed by atoms with Gasteiger partial charge in [0, 0.05) is 5.56 Å². The highest BCUT2D eigenvalue weighted by atomic mass is 19.1. The predicted molar refractivity (Wildman–Crippen MR) is 95.0 cm³/mol. The number of Topliss-reactive ketones (excluding diaryl/α,β-unsaturated/α-hetero) is 1. The zero-order valence-electron chi connectivity index (χ0n) is 14.6. The number of aromatic nitrogens is 3. The van der Waals surface area contributed by atoms with E-state index in [1.54, 1.807) is 42.5 Å². The number of rotatable bonds is 7. The number of hydrogen-bond acceptors (Lipinski definition) is 5. The lowest BCUT2D eigenvalue weighted by Crippen LogP contribution is -2.14. The first-order valence-electron chi connectivity index (χ1n) is 8.16. The first-order chi connectivity index (χ1) is 12.9. The summed E-state index contributed by atoms with van der Waals surface area (Å²) >= 11 is 0. The zero-order chi connectivity index (χ0) is 19.4. The number of primary amides is 1. The minimum Gasteiger partial charge on any atom is -0.486 e. The van der Waals surface area contributed by atoms with Crippen molar-refractivity contribution in [1.29, 1.82) is 0 Å². The molecule has 138 valence electrons. The second-order valence-corrected chi connectivity index (χ2v) is 5.82. The minimum atomic E-state index is -0.590. The molecule has 3 rings (SSSR count). The molecule has 1 amide bonds. The number of nitrogens with zero attached hydrogens (tertiary/aromatic N) is 3. The van der Waals surface area contributed by atoms with Gasteiger partial charge in [-0.05, 0) is 43.3 Å². The Balaban J connectivity index is 1.87. The Morgan fingerprint density at radius 1 is 1.15 bits per heavy atom. The summed E-state index contributed by atoms with van der Waals surface area (Å²) in [6, 6.07) is 12.7. The van der Waals surface area contributed by atoms with E-state index >= 15 is 0 Å². The predicted octanol–water partition coefficient (Wildman–Crippen LogP) is 2.22. The Kier molecular flexibility index (Phi) is 5.25. The fourth-order valence-electron chi connectivity index (χ4n) is 2.47. The zero-order valence-corrected chi connectivity index (χ0v) is 14.6. The lowest BCUT2D eigenvalue weighted by Gasteiger charge is -2.09. The molecule has 0 saturated carbocycles. The number of halogens is 1. The van der Waals surface area contributed by atoms with Gasteiger partial charge >= 0.3 is 0 Å². The van der Waals surface area contributed by atoms with Crippen LogP contribution < -0.4 is 10.5 Å². The highest BCUT2D eigenvalue weighted by molar-refractivity contribution is 5.94. The standard InChI is InChI=1S/C19H17FN4O3/c1-12(25)13-6-8-14(9-7-13)27-11-19-22-18(10-17(21)26)23-24(19)16-5-3-2-4-15(16)20/h2-9H,10-11H2,1H3,(H2,21,26). The van der Waals surface area contributed by atoms with Crippen molar-refractivity contribution in [3.05, 3.63) is 71.6 Å². The SMILES string of the molecule is CC(=O)c1ccc(OCc2nc(CC(N)=O)nn2-c2ccccc2F)cc1. The molecule has 0 fully saturated rings. The highest BCUT2D eigenvalue weighted by Gasteiger charge is 2.16. The number of benzene rings is 2. The number of ketones is 1. The minimum absolute atomic E-state index is 0.0144. The number of para-hydroxylation sites is 1. The summed E-state index contributed by atoms with van der Waals surface area (Å²) in [5, 5.41) is 4.17. The van der Waals surface area contributed by atoms with E-state index in [4.69, 9.17) is 10.5 Å². The summed E-state index contributed by atoms with van der Waals surface area (Å²) in [5.74, 6) is -0.118. The van der Waals surface area contributed by atoms with Gasteiger partial charge in [-0.3, -0.25) is 9.59 Å². The molecule has 0 aliphatic rings. The van der Waals surface area contributed by atoms with E-state index in [0.29, 0.717) is 17.1 Å². The third-order valence-electron chi connectivity index (χ3n) is 3.76. The van der Waals surface area contributed by atoms with Crippen LogP contribution in [0.4, 0.5) is 4.39 Å². The number of ether oxygens (including phenoxy) is 1. The molecule has 0 aliphatic carbocycles. The van der Waals surface area contributed by atoms with E-state index in [1.807, 2.05) is 0 Å². The molecule has 1 aromatic heterocycles. The Bertz CT molecular complexity index is 983. The molecule has 0 spiro atoms. The largest absolute Gasteiger partial charge is 0.486 e. The summed E-state index contributed by atoms with van der Waals surface area (Å²) in [6.07, 6.45) is -0.165. The van der Waals surface area contributed by atoms with Crippen LogP contribution in [0, 0.1) is 5.82 Å². The van der Waals surface area contributed by atoms with Gasteiger partial charge in [-0.25, -0.2) is 14.1 Å². The molecule has 8 heteroatoms. The van der Waals surface area contributed by atoms with E-state index in [-0.39, 0.29) is 30.3 Å². The highest BCUT2D eigenvalue weighted by Crippen LogP contribution is 2.18. The lowest BCUT2D eigenvalue weighted by molar-refractivity contribution is -0.117. The van der Waals surface area contributed by atoms with Gasteiger partial charge in [0.05, 0.1) is 6.42 Å². The van der Waals surface area contributed by atoms with Crippen LogP contribution in [-0.4, -0.2) is 26.5 Å². The monoisotopic (exact) mass is 368 g/mol. The van der Waals surface area contributed by atoms with Crippen molar-refractivity contribution in [2.75, 3.05) is 0 Å². The summed E-state index contributed by atoms with van der Waals surface area (Å²) in [7, 11) is 0. The topological polar surface area (TPSA) is 100 Å². The van der Waals surface area contributed by atoms with Gasteiger partial charge in [-0.1, -0.05) is 12.1 Å². The first kappa shape index (κ1) is 18.2. The number of amides is 1. The van der Waals surface area contributed by atoms with Crippen molar-refractivity contribution in [3.8, 4) is 11.4 Å². The third-order valence-corrected chi connectivity index (χ3v) is 3.76. The maximum absolute atomic E-state index is 14.2. The fraction of sp³-hybridized carbons (Fsp3) is 0.158. The molecular formula is C19H17FN4O3. The van der Waals surface area contributed by atoms with Crippen molar-refractivity contribution in [2.45, 2.75) is 20.0 Å². The molecule has 7 nitrogen and oxygen atoms in total. The van der Waals surface area contributed by atoms with E-state index in [0.717, 1.165) is 0 Å². The maximum atomic E-state index is 14.2. The maximum Gasteiger partial charge on any atom is 0.225 e. The second-order valence-electron chi connectivity index (χ2n) is 5.82. The van der Waals surface area contributed by atoms with Crippen molar-refractivity contribution in [2.24, 2.45) is 5.73 Å². The summed E-state index contributed by atoms with van der Waals surface area (Å²) in [6.45, 7) is 1.46. The molecule has 2 N–H and O–H groups in total.